The van der Waals surface area contributed by atoms with E-state index in [0.717, 1.165) is 7.96 Å². The van der Waals surface area contributed by atoms with Gasteiger partial charge >= 0.3 is 0 Å². The van der Waals surface area contributed by atoms with Crippen LogP contribution >= 0.6 is 75.5 Å². The molecule has 0 aliphatic rings. The Morgan fingerprint density at radius 1 is 0.889 bits per heavy atom. The quantitative estimate of drug-likeness (QED) is 0.633. The minimum absolute atomic E-state index is 0.130. The Morgan fingerprint density at radius 3 is 1.00 bits per heavy atom. The zero-order valence-electron chi connectivity index (χ0n) is 4.86. The van der Waals surface area contributed by atoms with E-state index in [1.807, 2.05) is 0 Å². The van der Waals surface area contributed by atoms with Crippen molar-refractivity contribution in [1.82, 2.24) is 0 Å². The molecule has 0 saturated carbocycles. The Hall–Kier alpha value is 3.87. The Labute approximate surface area is 75.5 Å². The molecule has 0 aromatic carbocycles. The fourth-order valence-corrected chi connectivity index (χ4v) is 0. The minimum Gasteiger partial charge on any atom is -0.109 e. The lowest BCUT2D eigenvalue weighted by Crippen LogP contribution is -0.986. The zero-order chi connectivity index (χ0) is 7.86. The molecule has 0 aliphatic carbocycles. The molecule has 0 amide bonds. The fourth-order valence-electron chi connectivity index (χ4n) is 0. The summed E-state index contributed by atoms with van der Waals surface area (Å²) in [5, 5.41) is 0. The maximum absolute atomic E-state index is 2.75. The standard InChI is InChI=1S/H7P5.H6P4/c1-4-5(2)3;1-4(2)3/h4H,1-3H2;1-3H2. The predicted molar refractivity (Wildman–Crippen MR) is 80.4 cm³/mol. The maximum Gasteiger partial charge on any atom is -0.0429 e. The molecule has 0 N–H and O–H groups in total. The normalized spacial score (nSPS) is 10.7. The van der Waals surface area contributed by atoms with Crippen molar-refractivity contribution in [3.63, 3.8) is 0 Å². The summed E-state index contributed by atoms with van der Waals surface area (Å²) in [5.74, 6) is 0. The van der Waals surface area contributed by atoms with Gasteiger partial charge in [-0.2, -0.15) is 0 Å². The van der Waals surface area contributed by atoms with Gasteiger partial charge in [0.05, 0.1) is 0 Å². The van der Waals surface area contributed by atoms with Gasteiger partial charge in [-0.3, -0.25) is 0 Å². The summed E-state index contributed by atoms with van der Waals surface area (Å²) in [4.78, 5) is 0. The molecule has 0 rings (SSSR count). The van der Waals surface area contributed by atoms with E-state index in [9.17, 15) is 0 Å². The summed E-state index contributed by atoms with van der Waals surface area (Å²) >= 11 is 0. The minimum atomic E-state index is 0.130. The van der Waals surface area contributed by atoms with Crippen LogP contribution < -0.4 is 0 Å². The van der Waals surface area contributed by atoms with Crippen molar-refractivity contribution in [3.05, 3.63) is 0 Å². The molecule has 9 heavy (non-hydrogen) atoms. The van der Waals surface area contributed by atoms with E-state index >= 15 is 0 Å². The van der Waals surface area contributed by atoms with Crippen molar-refractivity contribution in [2.75, 3.05) is 0 Å². The maximum atomic E-state index is 2.75. The lowest BCUT2D eigenvalue weighted by atomic mass is 29.1. The van der Waals surface area contributed by atoms with Crippen LogP contribution in [0.25, 0.3) is 0 Å². The van der Waals surface area contributed by atoms with Crippen LogP contribution in [0.15, 0.2) is 0 Å². The van der Waals surface area contributed by atoms with E-state index in [4.69, 9.17) is 0 Å². The van der Waals surface area contributed by atoms with Crippen LogP contribution in [-0.4, -0.2) is 0 Å². The average molecular weight is 292 g/mol. The lowest BCUT2D eigenvalue weighted by molar-refractivity contribution is 5.07. The summed E-state index contributed by atoms with van der Waals surface area (Å²) < 4.78 is 0. The van der Waals surface area contributed by atoms with E-state index in [2.05, 4.69) is 53.6 Å². The summed E-state index contributed by atoms with van der Waals surface area (Å²) in [6.07, 6.45) is 0. The predicted octanol–water partition coefficient (Wildman–Crippen LogP) is 4.27. The molecule has 7 unspecified atom stereocenters. The molecule has 0 radical (unpaired) electrons. The highest BCUT2D eigenvalue weighted by Gasteiger charge is 1.78. The van der Waals surface area contributed by atoms with Crippen LogP contribution in [0.4, 0.5) is 0 Å². The summed E-state index contributed by atoms with van der Waals surface area (Å²) in [7, 11) is 17.2. The van der Waals surface area contributed by atoms with E-state index in [0.29, 0.717) is 0 Å². The molecule has 58 valence electrons. The highest BCUT2D eigenvalue weighted by atomic mass is 32.8. The molecule has 0 bridgehead atoms. The Bertz CT molecular complexity index is 32.5. The third-order valence-electron chi connectivity index (χ3n) is 0.149. The van der Waals surface area contributed by atoms with Crippen LogP contribution in [0, 0.1) is 0 Å². The molecule has 0 saturated heterocycles. The van der Waals surface area contributed by atoms with Crippen molar-refractivity contribution in [2.24, 2.45) is 0 Å². The van der Waals surface area contributed by atoms with Gasteiger partial charge in [-0.1, -0.05) is 7.96 Å². The Kier molecular flexibility index (Phi) is 20.2. The molecule has 0 heterocycles. The smallest absolute Gasteiger partial charge is 0.0429 e. The average Bonchev–Trinajstić information content (AvgIpc) is 1.65. The first-order valence-corrected chi connectivity index (χ1v) is 16.2. The summed E-state index contributed by atoms with van der Waals surface area (Å²) in [6, 6.07) is 0. The van der Waals surface area contributed by atoms with E-state index in [1.165, 1.54) is 0 Å². The van der Waals surface area contributed by atoms with Gasteiger partial charge in [0, 0.05) is 0 Å². The van der Waals surface area contributed by atoms with Crippen LogP contribution in [-0.2, 0) is 0 Å². The number of hydrogen-bond donors (Lipinski definition) is 0. The van der Waals surface area contributed by atoms with Crippen molar-refractivity contribution in [3.8, 4) is 0 Å². The third kappa shape index (κ3) is 33.6. The van der Waals surface area contributed by atoms with Gasteiger partial charge in [0.25, 0.3) is 0 Å². The Balaban J connectivity index is 0. The molecule has 0 aliphatic heterocycles. The molecule has 0 nitrogen and oxygen atoms in total. The fraction of sp³-hybridized carbons (Fsp3) is 0. The molecule has 0 fully saturated rings. The van der Waals surface area contributed by atoms with E-state index < -0.39 is 0 Å². The van der Waals surface area contributed by atoms with Crippen molar-refractivity contribution in [2.45, 2.75) is 0 Å². The first kappa shape index (κ1) is 15.3. The molecule has 0 spiro atoms. The van der Waals surface area contributed by atoms with E-state index in [-0.39, 0.29) is 14.0 Å². The van der Waals surface area contributed by atoms with Gasteiger partial charge < -0.3 is 0 Å². The van der Waals surface area contributed by atoms with Gasteiger partial charge in [0.2, 0.25) is 0 Å². The molecular formula is H13P9. The topological polar surface area (TPSA) is 0 Å². The molecule has 9 heteroatoms. The van der Waals surface area contributed by atoms with Gasteiger partial charge in [-0.05, 0) is 14.0 Å². The van der Waals surface area contributed by atoms with Crippen molar-refractivity contribution < 1.29 is 0 Å². The largest absolute Gasteiger partial charge is 0.109 e. The van der Waals surface area contributed by atoms with Gasteiger partial charge in [-0.25, -0.2) is 0 Å². The second-order valence-electron chi connectivity index (χ2n) is 0.984. The van der Waals surface area contributed by atoms with Gasteiger partial charge in [0.15, 0.2) is 0 Å². The van der Waals surface area contributed by atoms with E-state index in [1.54, 1.807) is 0 Å². The van der Waals surface area contributed by atoms with Crippen LogP contribution in [0.3, 0.4) is 0 Å². The molecular weight excluding hydrogens is 279 g/mol. The number of hydrogen-bond acceptors (Lipinski definition) is 0. The third-order valence-corrected chi connectivity index (χ3v) is 12.1. The van der Waals surface area contributed by atoms with Gasteiger partial charge in [0.1, 0.15) is 0 Å². The van der Waals surface area contributed by atoms with Crippen molar-refractivity contribution in [1.29, 1.82) is 0 Å². The highest BCUT2D eigenvalue weighted by molar-refractivity contribution is 8.77. The molecule has 0 aromatic rings. The first-order valence-electron chi connectivity index (χ1n) is 1.80. The summed E-state index contributed by atoms with van der Waals surface area (Å²) in [5.41, 5.74) is 0. The second-order valence-corrected chi connectivity index (χ2v) is 26.6. The van der Waals surface area contributed by atoms with Crippen LogP contribution in [0.2, 0.25) is 0 Å². The van der Waals surface area contributed by atoms with Crippen LogP contribution in [0.5, 0.6) is 0 Å². The zero-order valence-corrected chi connectivity index (χ0v) is 14.6. The SMILES string of the molecule is PP(P)P.PPP(P)P. The lowest BCUT2D eigenvalue weighted by Gasteiger charge is -1.92. The van der Waals surface area contributed by atoms with Crippen LogP contribution in [0.1, 0.15) is 0 Å². The van der Waals surface area contributed by atoms with Crippen molar-refractivity contribution >= 4 is 75.5 Å². The first-order chi connectivity index (χ1) is 4.00. The second kappa shape index (κ2) is 11.9. The monoisotopic (exact) mass is 292 g/mol. The van der Waals surface area contributed by atoms with Gasteiger partial charge in [-0.15, -0.1) is 53.6 Å². The Morgan fingerprint density at radius 2 is 1.00 bits per heavy atom. The molecule has 7 atom stereocenters. The summed E-state index contributed by atoms with van der Waals surface area (Å²) in [6.45, 7) is 0.355. The molecule has 0 aromatic heterocycles. The highest BCUT2D eigenvalue weighted by Crippen LogP contribution is 2.71. The number of rotatable bonds is 1.